The predicted octanol–water partition coefficient (Wildman–Crippen LogP) is 0.453. The van der Waals surface area contributed by atoms with Gasteiger partial charge in [-0.2, -0.15) is 5.10 Å². The Bertz CT molecular complexity index is 806. The van der Waals surface area contributed by atoms with Crippen LogP contribution in [0.4, 0.5) is 5.82 Å². The Hall–Kier alpha value is -2.23. The molecule has 0 saturated carbocycles. The van der Waals surface area contributed by atoms with Gasteiger partial charge < -0.3 is 25.4 Å². The van der Waals surface area contributed by atoms with E-state index in [-0.39, 0.29) is 12.6 Å². The zero-order valence-corrected chi connectivity index (χ0v) is 15.0. The molecule has 3 heterocycles. The largest absolute Gasteiger partial charge is 0.462 e. The molecule has 4 N–H and O–H groups in total. The molecule has 0 spiro atoms. The topological polar surface area (TPSA) is 132 Å². The second-order valence-electron chi connectivity index (χ2n) is 7.11. The molecule has 9 heteroatoms. The average Bonchev–Trinajstić information content (AvgIpc) is 3.16. The Balaban J connectivity index is 1.75. The van der Waals surface area contributed by atoms with Gasteiger partial charge in [0, 0.05) is 0 Å². The predicted molar refractivity (Wildman–Crippen MR) is 92.1 cm³/mol. The van der Waals surface area contributed by atoms with Crippen molar-refractivity contribution in [1.82, 2.24) is 14.6 Å². The van der Waals surface area contributed by atoms with Gasteiger partial charge in [-0.25, -0.2) is 9.50 Å². The van der Waals surface area contributed by atoms with E-state index in [9.17, 15) is 15.0 Å². The summed E-state index contributed by atoms with van der Waals surface area (Å²) in [4.78, 5) is 16.0. The first-order chi connectivity index (χ1) is 12.3. The minimum absolute atomic E-state index is 0.141. The molecule has 9 nitrogen and oxygen atoms in total. The third-order valence-electron chi connectivity index (χ3n) is 4.98. The molecule has 1 saturated heterocycles. The van der Waals surface area contributed by atoms with Crippen molar-refractivity contribution in [1.29, 1.82) is 0 Å². The van der Waals surface area contributed by atoms with Crippen LogP contribution in [-0.2, 0) is 14.3 Å². The second kappa shape index (κ2) is 6.82. The van der Waals surface area contributed by atoms with Gasteiger partial charge in [-0.3, -0.25) is 4.79 Å². The molecule has 2 aromatic rings. The lowest BCUT2D eigenvalue weighted by molar-refractivity contribution is -0.159. The number of fused-ring (bicyclic) bond motifs is 1. The normalized spacial score (nSPS) is 26.3. The van der Waals surface area contributed by atoms with Gasteiger partial charge in [0.2, 0.25) is 0 Å². The summed E-state index contributed by atoms with van der Waals surface area (Å²) < 4.78 is 12.6. The van der Waals surface area contributed by atoms with Gasteiger partial charge in [-0.05, 0) is 32.4 Å². The van der Waals surface area contributed by atoms with Crippen molar-refractivity contribution in [3.8, 4) is 0 Å². The number of aromatic nitrogens is 3. The number of anilines is 1. The number of esters is 1. The summed E-state index contributed by atoms with van der Waals surface area (Å²) in [6.07, 6.45) is -2.12. The number of hydrogen-bond acceptors (Lipinski definition) is 8. The van der Waals surface area contributed by atoms with Gasteiger partial charge >= 0.3 is 5.97 Å². The molecule has 0 aromatic carbocycles. The second-order valence-corrected chi connectivity index (χ2v) is 7.11. The number of nitrogens with two attached hydrogens (primary N) is 1. The maximum absolute atomic E-state index is 12.1. The summed E-state index contributed by atoms with van der Waals surface area (Å²) in [5.74, 6) is -0.0750. The molecule has 2 aromatic heterocycles. The van der Waals surface area contributed by atoms with E-state index in [1.165, 1.54) is 10.8 Å². The van der Waals surface area contributed by atoms with E-state index in [0.717, 1.165) is 0 Å². The molecule has 26 heavy (non-hydrogen) atoms. The summed E-state index contributed by atoms with van der Waals surface area (Å²) in [5, 5.41) is 24.8. The number of aliphatic hydroxyl groups excluding tert-OH is 2. The number of nitrogen functional groups attached to an aromatic ring is 1. The molecule has 0 aliphatic carbocycles. The molecule has 3 rings (SSSR count). The summed E-state index contributed by atoms with van der Waals surface area (Å²) in [6, 6.07) is 3.42. The quantitative estimate of drug-likeness (QED) is 0.652. The zero-order valence-electron chi connectivity index (χ0n) is 15.0. The maximum atomic E-state index is 12.1. The number of ether oxygens (including phenoxy) is 2. The fraction of sp³-hybridized carbons (Fsp3) is 0.588. The molecule has 1 aliphatic heterocycles. The van der Waals surface area contributed by atoms with E-state index in [1.807, 2.05) is 6.92 Å². The fourth-order valence-electron chi connectivity index (χ4n) is 2.82. The number of aliphatic hydroxyl groups is 2. The molecule has 0 bridgehead atoms. The Labute approximate surface area is 150 Å². The number of rotatable bonds is 5. The van der Waals surface area contributed by atoms with Crippen molar-refractivity contribution in [2.75, 3.05) is 12.3 Å². The van der Waals surface area contributed by atoms with Gasteiger partial charge in [-0.15, -0.1) is 0 Å². The molecule has 0 amide bonds. The Morgan fingerprint density at radius 3 is 2.81 bits per heavy atom. The van der Waals surface area contributed by atoms with Crippen molar-refractivity contribution < 1.29 is 24.5 Å². The minimum atomic E-state index is -1.19. The van der Waals surface area contributed by atoms with Crippen LogP contribution >= 0.6 is 0 Å². The van der Waals surface area contributed by atoms with Crippen molar-refractivity contribution in [2.24, 2.45) is 5.41 Å². The lowest BCUT2D eigenvalue weighted by Crippen LogP contribution is -2.36. The fourth-order valence-corrected chi connectivity index (χ4v) is 2.82. The highest BCUT2D eigenvalue weighted by Crippen LogP contribution is 2.35. The lowest BCUT2D eigenvalue weighted by atomic mass is 9.91. The van der Waals surface area contributed by atoms with E-state index in [4.69, 9.17) is 15.2 Å². The van der Waals surface area contributed by atoms with Crippen LogP contribution in [-0.4, -0.2) is 55.7 Å². The summed E-state index contributed by atoms with van der Waals surface area (Å²) in [7, 11) is 0. The molecule has 142 valence electrons. The van der Waals surface area contributed by atoms with Crippen LogP contribution in [0.1, 0.15) is 39.0 Å². The first-order valence-corrected chi connectivity index (χ1v) is 8.53. The van der Waals surface area contributed by atoms with Gasteiger partial charge in [0.25, 0.3) is 0 Å². The highest BCUT2D eigenvalue weighted by Gasteiger charge is 2.45. The number of nitrogens with zero attached hydrogens (tertiary/aromatic N) is 3. The maximum Gasteiger partial charge on any atom is 0.311 e. The monoisotopic (exact) mass is 364 g/mol. The summed E-state index contributed by atoms with van der Waals surface area (Å²) in [6.45, 7) is 5.33. The number of hydrogen-bond donors (Lipinski definition) is 3. The highest BCUT2D eigenvalue weighted by molar-refractivity contribution is 5.75. The van der Waals surface area contributed by atoms with Crippen LogP contribution in [0.5, 0.6) is 0 Å². The van der Waals surface area contributed by atoms with Gasteiger partial charge in [0.15, 0.2) is 5.82 Å². The lowest BCUT2D eigenvalue weighted by Gasteiger charge is -2.22. The van der Waals surface area contributed by atoms with Gasteiger partial charge in [-0.1, -0.05) is 6.92 Å². The number of carbonyl (C=O) groups excluding carboxylic acids is 1. The van der Waals surface area contributed by atoms with Crippen molar-refractivity contribution in [3.05, 3.63) is 24.2 Å². The molecule has 0 radical (unpaired) electrons. The Morgan fingerprint density at radius 2 is 2.12 bits per heavy atom. The van der Waals surface area contributed by atoms with Crippen LogP contribution in [0.25, 0.3) is 5.52 Å². The van der Waals surface area contributed by atoms with E-state index < -0.39 is 29.8 Å². The van der Waals surface area contributed by atoms with Gasteiger partial charge in [0.1, 0.15) is 42.9 Å². The van der Waals surface area contributed by atoms with E-state index in [0.29, 0.717) is 23.4 Å². The average molecular weight is 364 g/mol. The number of carbonyl (C=O) groups is 1. The van der Waals surface area contributed by atoms with Gasteiger partial charge in [0.05, 0.1) is 11.1 Å². The van der Waals surface area contributed by atoms with Crippen LogP contribution in [0.15, 0.2) is 18.5 Å². The van der Waals surface area contributed by atoms with Crippen molar-refractivity contribution >= 4 is 17.3 Å². The van der Waals surface area contributed by atoms with Crippen LogP contribution < -0.4 is 5.73 Å². The van der Waals surface area contributed by atoms with E-state index in [2.05, 4.69) is 10.1 Å². The van der Waals surface area contributed by atoms with Crippen molar-refractivity contribution in [2.45, 2.75) is 51.6 Å². The van der Waals surface area contributed by atoms with E-state index in [1.54, 1.807) is 26.0 Å². The Kier molecular flexibility index (Phi) is 4.87. The molecule has 1 fully saturated rings. The van der Waals surface area contributed by atoms with Crippen LogP contribution in [0.2, 0.25) is 0 Å². The highest BCUT2D eigenvalue weighted by atomic mass is 16.6. The third-order valence-corrected chi connectivity index (χ3v) is 4.98. The molecule has 4 atom stereocenters. The zero-order chi connectivity index (χ0) is 19.1. The van der Waals surface area contributed by atoms with E-state index >= 15 is 0 Å². The van der Waals surface area contributed by atoms with Crippen LogP contribution in [0, 0.1) is 5.41 Å². The summed E-state index contributed by atoms with van der Waals surface area (Å²) in [5.41, 5.74) is 6.30. The first-order valence-electron chi connectivity index (χ1n) is 8.53. The molecular weight excluding hydrogens is 340 g/mol. The minimum Gasteiger partial charge on any atom is -0.462 e. The molecule has 1 aliphatic rings. The first kappa shape index (κ1) is 18.6. The van der Waals surface area contributed by atoms with Crippen LogP contribution in [0.3, 0.4) is 0 Å². The SMILES string of the molecule is CCC(C)(C)C(=O)OC[C@H]1O[C@@H](c2ccc3c(N)ncnn23)[C@H](O)[C@@H]1O. The third kappa shape index (κ3) is 3.13. The molecular formula is C17H24N4O5. The smallest absolute Gasteiger partial charge is 0.311 e. The molecule has 0 unspecified atom stereocenters. The van der Waals surface area contributed by atoms with Crippen molar-refractivity contribution in [3.63, 3.8) is 0 Å². The Morgan fingerprint density at radius 1 is 1.38 bits per heavy atom. The summed E-state index contributed by atoms with van der Waals surface area (Å²) >= 11 is 0. The standard InChI is InChI=1S/C17H24N4O5/c1-4-17(2,3)16(24)25-7-11-12(22)13(23)14(26-11)9-5-6-10-15(18)19-8-20-21(9)10/h5-6,8,11-14,22-23H,4,7H2,1-3H3,(H2,18,19,20)/t11-,12-,13-,14+/m1/s1.